The third-order valence-corrected chi connectivity index (χ3v) is 4.51. The van der Waals surface area contributed by atoms with E-state index in [0.29, 0.717) is 28.0 Å². The minimum absolute atomic E-state index is 0.0267. The molecule has 2 aromatic rings. The molecule has 1 aliphatic rings. The number of nitrogens with zero attached hydrogens (tertiary/aromatic N) is 4. The van der Waals surface area contributed by atoms with Crippen molar-refractivity contribution in [2.75, 3.05) is 12.9 Å². The molecule has 1 heterocycles. The molecule has 10 nitrogen and oxygen atoms in total. The molecule has 0 saturated carbocycles. The number of benzene rings is 2. The Labute approximate surface area is 169 Å². The van der Waals surface area contributed by atoms with E-state index in [1.165, 1.54) is 37.2 Å². The van der Waals surface area contributed by atoms with Gasteiger partial charge in [0.15, 0.2) is 16.7 Å². The van der Waals surface area contributed by atoms with E-state index in [1.807, 2.05) is 6.07 Å². The number of nitrogens with one attached hydrogen (secondary N) is 1. The Balaban J connectivity index is 1.80. The van der Waals surface area contributed by atoms with E-state index in [0.717, 1.165) is 6.07 Å². The number of carbonyl (C=O) groups is 1. The van der Waals surface area contributed by atoms with E-state index in [4.69, 9.17) is 9.47 Å². The van der Waals surface area contributed by atoms with Gasteiger partial charge in [0.05, 0.1) is 24.0 Å². The van der Waals surface area contributed by atoms with Crippen LogP contribution in [0.3, 0.4) is 0 Å². The number of carbonyl (C=O) groups excluding carboxylic acids is 1. The third-order valence-electron chi connectivity index (χ3n) is 3.64. The monoisotopic (exact) mass is 411 g/mol. The highest BCUT2D eigenvalue weighted by Crippen LogP contribution is 2.34. The summed E-state index contributed by atoms with van der Waals surface area (Å²) in [5.41, 5.74) is 0.488. The largest absolute Gasteiger partial charge is 0.493 e. The number of nitriles is 1. The lowest BCUT2D eigenvalue weighted by Crippen LogP contribution is -2.19. The minimum Gasteiger partial charge on any atom is -0.493 e. The summed E-state index contributed by atoms with van der Waals surface area (Å²) in [5.74, 6) is 1.06. The molecule has 0 bridgehead atoms. The molecule has 0 spiro atoms. The summed E-state index contributed by atoms with van der Waals surface area (Å²) in [4.78, 5) is 21.4. The van der Waals surface area contributed by atoms with Crippen LogP contribution in [0.5, 0.6) is 17.2 Å². The van der Waals surface area contributed by atoms with Crippen molar-refractivity contribution in [2.45, 2.75) is 0 Å². The van der Waals surface area contributed by atoms with Crippen molar-refractivity contribution in [3.63, 3.8) is 0 Å². The maximum atomic E-state index is 11.1. The topological polar surface area (TPSA) is 139 Å². The van der Waals surface area contributed by atoms with E-state index < -0.39 is 4.92 Å². The van der Waals surface area contributed by atoms with Gasteiger partial charge < -0.3 is 14.8 Å². The number of non-ortho nitro benzene ring substituents is 1. The maximum Gasteiger partial charge on any atom is 0.271 e. The number of rotatable bonds is 6. The predicted octanol–water partition coefficient (Wildman–Crippen LogP) is 2.82. The van der Waals surface area contributed by atoms with E-state index in [9.17, 15) is 20.2 Å². The highest BCUT2D eigenvalue weighted by atomic mass is 32.2. The van der Waals surface area contributed by atoms with Gasteiger partial charge in [-0.1, -0.05) is 11.8 Å². The molecule has 0 aromatic heterocycles. The van der Waals surface area contributed by atoms with Gasteiger partial charge in [-0.05, 0) is 29.8 Å². The van der Waals surface area contributed by atoms with E-state index in [-0.39, 0.29) is 22.9 Å². The fraction of sp³-hybridized carbons (Fsp3) is 0.111. The Kier molecular flexibility index (Phi) is 6.06. The molecule has 3 rings (SSSR count). The molecule has 146 valence electrons. The molecule has 1 fully saturated rings. The lowest BCUT2D eigenvalue weighted by molar-refractivity contribution is -0.384. The second-order valence-electron chi connectivity index (χ2n) is 5.55. The fourth-order valence-electron chi connectivity index (χ4n) is 2.30. The molecule has 29 heavy (non-hydrogen) atoms. The van der Waals surface area contributed by atoms with Crippen molar-refractivity contribution in [3.05, 3.63) is 57.6 Å². The van der Waals surface area contributed by atoms with Crippen LogP contribution in [0.4, 0.5) is 5.69 Å². The standard InChI is InChI=1S/C18H13N5O5S/c1-27-16-6-11(9-20-22-18-21-17(24)10-29-18)2-4-15(16)28-14-5-3-13(23(25)26)7-12(14)8-19/h2-7,9H,10H2,1H3,(H,21,22,24)/b20-9-. The molecule has 0 atom stereocenters. The molecule has 1 saturated heterocycles. The number of nitro benzene ring substituents is 1. The second-order valence-corrected chi connectivity index (χ2v) is 6.51. The van der Waals surface area contributed by atoms with Gasteiger partial charge in [-0.15, -0.1) is 5.10 Å². The van der Waals surface area contributed by atoms with Crippen LogP contribution in [-0.4, -0.2) is 35.1 Å². The van der Waals surface area contributed by atoms with Gasteiger partial charge in [-0.3, -0.25) is 14.9 Å². The van der Waals surface area contributed by atoms with Crippen LogP contribution in [0.1, 0.15) is 11.1 Å². The third kappa shape index (κ3) is 4.88. The van der Waals surface area contributed by atoms with Crippen molar-refractivity contribution < 1.29 is 19.2 Å². The van der Waals surface area contributed by atoms with Crippen molar-refractivity contribution in [3.8, 4) is 23.3 Å². The van der Waals surface area contributed by atoms with Crippen LogP contribution < -0.4 is 14.8 Å². The Morgan fingerprint density at radius 3 is 2.72 bits per heavy atom. The van der Waals surface area contributed by atoms with Crippen LogP contribution in [0.25, 0.3) is 0 Å². The van der Waals surface area contributed by atoms with Crippen LogP contribution in [0.15, 0.2) is 46.6 Å². The van der Waals surface area contributed by atoms with E-state index in [1.54, 1.807) is 18.2 Å². The summed E-state index contributed by atoms with van der Waals surface area (Å²) in [6.07, 6.45) is 1.48. The molecular weight excluding hydrogens is 398 g/mol. The quantitative estimate of drug-likeness (QED) is 0.438. The van der Waals surface area contributed by atoms with E-state index in [2.05, 4.69) is 15.5 Å². The van der Waals surface area contributed by atoms with Crippen molar-refractivity contribution >= 4 is 34.7 Å². The summed E-state index contributed by atoms with van der Waals surface area (Å²) in [5, 5.41) is 30.9. The molecule has 0 aliphatic carbocycles. The molecule has 0 unspecified atom stereocenters. The molecule has 0 radical (unpaired) electrons. The molecular formula is C18H13N5O5S. The molecule has 2 aromatic carbocycles. The Hall–Kier alpha value is -3.91. The first kappa shape index (κ1) is 19.8. The lowest BCUT2D eigenvalue weighted by atomic mass is 10.2. The van der Waals surface area contributed by atoms with Crippen molar-refractivity contribution in [2.24, 2.45) is 10.2 Å². The van der Waals surface area contributed by atoms with Gasteiger partial charge in [-0.2, -0.15) is 10.4 Å². The molecule has 1 N–H and O–H groups in total. The highest BCUT2D eigenvalue weighted by molar-refractivity contribution is 8.15. The van der Waals surface area contributed by atoms with Crippen molar-refractivity contribution in [1.29, 1.82) is 5.26 Å². The summed E-state index contributed by atoms with van der Waals surface area (Å²) in [6, 6.07) is 10.6. The number of methoxy groups -OCH3 is 1. The Bertz CT molecular complexity index is 1080. The van der Waals surface area contributed by atoms with Gasteiger partial charge in [0, 0.05) is 12.1 Å². The minimum atomic E-state index is -0.585. The number of ether oxygens (including phenoxy) is 2. The first-order chi connectivity index (χ1) is 14.0. The average Bonchev–Trinajstić information content (AvgIpc) is 3.14. The first-order valence-electron chi connectivity index (χ1n) is 8.08. The summed E-state index contributed by atoms with van der Waals surface area (Å²) >= 11 is 1.27. The summed E-state index contributed by atoms with van der Waals surface area (Å²) in [7, 11) is 1.45. The number of thioether (sulfide) groups is 1. The van der Waals surface area contributed by atoms with Crippen LogP contribution in [0.2, 0.25) is 0 Å². The maximum absolute atomic E-state index is 11.1. The SMILES string of the molecule is COc1cc(/C=N\N=C2/NC(=O)CS2)ccc1Oc1ccc([N+](=O)[O-])cc1C#N. The average molecular weight is 411 g/mol. The van der Waals surface area contributed by atoms with Crippen LogP contribution in [-0.2, 0) is 4.79 Å². The molecule has 1 aliphatic heterocycles. The van der Waals surface area contributed by atoms with Gasteiger partial charge in [0.1, 0.15) is 17.4 Å². The zero-order valence-electron chi connectivity index (χ0n) is 15.0. The number of hydrogen-bond acceptors (Lipinski definition) is 9. The molecule has 11 heteroatoms. The number of amidine groups is 1. The summed E-state index contributed by atoms with van der Waals surface area (Å²) in [6.45, 7) is 0. The number of nitro groups is 1. The fourth-order valence-corrected chi connectivity index (χ4v) is 2.93. The summed E-state index contributed by atoms with van der Waals surface area (Å²) < 4.78 is 11.0. The van der Waals surface area contributed by atoms with Gasteiger partial charge >= 0.3 is 0 Å². The predicted molar refractivity (Wildman–Crippen MR) is 107 cm³/mol. The smallest absolute Gasteiger partial charge is 0.271 e. The zero-order valence-corrected chi connectivity index (χ0v) is 15.8. The van der Waals surface area contributed by atoms with Gasteiger partial charge in [-0.25, -0.2) is 0 Å². The number of amides is 1. The van der Waals surface area contributed by atoms with E-state index >= 15 is 0 Å². The van der Waals surface area contributed by atoms with Gasteiger partial charge in [0.2, 0.25) is 5.91 Å². The molecule has 1 amide bonds. The van der Waals surface area contributed by atoms with Gasteiger partial charge in [0.25, 0.3) is 5.69 Å². The Morgan fingerprint density at radius 2 is 2.07 bits per heavy atom. The Morgan fingerprint density at radius 1 is 1.28 bits per heavy atom. The lowest BCUT2D eigenvalue weighted by Gasteiger charge is -2.11. The van der Waals surface area contributed by atoms with Crippen molar-refractivity contribution in [1.82, 2.24) is 5.32 Å². The second kappa shape index (κ2) is 8.85. The number of hydrogen-bond donors (Lipinski definition) is 1. The first-order valence-corrected chi connectivity index (χ1v) is 9.07. The van der Waals surface area contributed by atoms with Crippen LogP contribution in [0, 0.1) is 21.4 Å². The zero-order chi connectivity index (χ0) is 20.8. The normalized spacial score (nSPS) is 14.6. The van der Waals surface area contributed by atoms with Crippen LogP contribution >= 0.6 is 11.8 Å². The highest BCUT2D eigenvalue weighted by Gasteiger charge is 2.16.